The van der Waals surface area contributed by atoms with Crippen LogP contribution in [0.1, 0.15) is 50.1 Å². The number of aromatic nitrogens is 1. The van der Waals surface area contributed by atoms with Gasteiger partial charge >= 0.3 is 5.97 Å². The molecule has 0 bridgehead atoms. The Hall–Kier alpha value is -3.89. The number of halogens is 2. The molecule has 0 aliphatic heterocycles. The molecule has 2 aromatic carbocycles. The quantitative estimate of drug-likeness (QED) is 0.185. The lowest BCUT2D eigenvalue weighted by atomic mass is 9.88. The van der Waals surface area contributed by atoms with E-state index in [0.717, 1.165) is 24.8 Å². The number of carboxylic acids is 1. The number of fused-ring (bicyclic) bond motifs is 1. The number of benzene rings is 2. The van der Waals surface area contributed by atoms with Crippen molar-refractivity contribution in [3.05, 3.63) is 106 Å². The smallest absolute Gasteiger partial charge is 0.335 e. The minimum atomic E-state index is -1.15. The molecule has 11 heteroatoms. The molecule has 2 aromatic heterocycles. The summed E-state index contributed by atoms with van der Waals surface area (Å²) >= 11 is 5.83. The number of rotatable bonds is 9. The van der Waals surface area contributed by atoms with E-state index >= 15 is 0 Å². The zero-order chi connectivity index (χ0) is 27.4. The van der Waals surface area contributed by atoms with Crippen molar-refractivity contribution in [2.75, 3.05) is 11.9 Å². The number of aliphatic hydroxyl groups is 1. The zero-order valence-corrected chi connectivity index (χ0v) is 22.7. The van der Waals surface area contributed by atoms with Gasteiger partial charge in [-0.1, -0.05) is 23.7 Å². The summed E-state index contributed by atoms with van der Waals surface area (Å²) in [4.78, 5) is 28.1. The number of ether oxygens (including phenoxy) is 1. The Balaban J connectivity index is 0.00000370. The van der Waals surface area contributed by atoms with Crippen molar-refractivity contribution in [3.8, 4) is 11.5 Å². The van der Waals surface area contributed by atoms with Crippen LogP contribution in [-0.4, -0.2) is 39.7 Å². The van der Waals surface area contributed by atoms with Crippen molar-refractivity contribution in [1.82, 2.24) is 10.3 Å². The van der Waals surface area contributed by atoms with E-state index in [1.165, 1.54) is 30.0 Å². The van der Waals surface area contributed by atoms with E-state index in [-0.39, 0.29) is 41.2 Å². The maximum absolute atomic E-state index is 12.4. The van der Waals surface area contributed by atoms with Crippen LogP contribution in [0, 0.1) is 0 Å². The van der Waals surface area contributed by atoms with Crippen molar-refractivity contribution in [3.63, 3.8) is 0 Å². The molecule has 0 fully saturated rings. The van der Waals surface area contributed by atoms with Crippen molar-refractivity contribution in [2.24, 2.45) is 0 Å². The average Bonchev–Trinajstić information content (AvgIpc) is 3.47. The number of anilines is 1. The third-order valence-electron chi connectivity index (χ3n) is 6.53. The van der Waals surface area contributed by atoms with Crippen LogP contribution < -0.4 is 15.4 Å². The van der Waals surface area contributed by atoms with E-state index in [1.807, 2.05) is 18.2 Å². The summed E-state index contributed by atoms with van der Waals surface area (Å²) in [5.74, 6) is -0.723. The molecule has 1 aliphatic rings. The molecule has 2 atom stereocenters. The molecule has 5 rings (SSSR count). The molecule has 208 valence electrons. The summed E-state index contributed by atoms with van der Waals surface area (Å²) in [6.07, 6.45) is 4.81. The summed E-state index contributed by atoms with van der Waals surface area (Å²) < 4.78 is 11.1. The fraction of sp³-hybridized carbons (Fsp3) is 0.207. The number of aryl methyl sites for hydroxylation is 1. The average molecular weight is 584 g/mol. The van der Waals surface area contributed by atoms with Gasteiger partial charge in [0.2, 0.25) is 0 Å². The molecule has 9 nitrogen and oxygen atoms in total. The number of aliphatic hydroxyl groups excluding tert-OH is 1. The summed E-state index contributed by atoms with van der Waals surface area (Å²) in [6.45, 7) is 0.383. The molecule has 2 heterocycles. The summed E-state index contributed by atoms with van der Waals surface area (Å²) in [7, 11) is 0. The number of nitrogens with zero attached hydrogens (tertiary/aromatic N) is 1. The van der Waals surface area contributed by atoms with E-state index < -0.39 is 18.0 Å². The predicted octanol–water partition coefficient (Wildman–Crippen LogP) is 5.67. The van der Waals surface area contributed by atoms with Gasteiger partial charge in [0.25, 0.3) is 5.91 Å². The first-order valence-corrected chi connectivity index (χ1v) is 12.8. The lowest BCUT2D eigenvalue weighted by Gasteiger charge is -2.27. The van der Waals surface area contributed by atoms with Gasteiger partial charge in [0, 0.05) is 36.1 Å². The number of aromatic carboxylic acids is 1. The highest BCUT2D eigenvalue weighted by Crippen LogP contribution is 2.31. The molecule has 0 saturated carbocycles. The second kappa shape index (κ2) is 13.0. The minimum Gasteiger partial charge on any atom is -0.478 e. The zero-order valence-electron chi connectivity index (χ0n) is 21.2. The molecule has 0 radical (unpaired) electrons. The molecular formula is C29H27Cl2N3O6. The number of nitrogens with one attached hydrogen (secondary N) is 2. The first kappa shape index (κ1) is 29.1. The number of carboxylic acid groups (broad SMARTS) is 1. The Morgan fingerprint density at radius 2 is 1.95 bits per heavy atom. The van der Waals surface area contributed by atoms with Gasteiger partial charge in [0.05, 0.1) is 17.9 Å². The van der Waals surface area contributed by atoms with Crippen molar-refractivity contribution < 1.29 is 29.0 Å². The number of hydrogen-bond donors (Lipinski definition) is 4. The van der Waals surface area contributed by atoms with Crippen molar-refractivity contribution in [2.45, 2.75) is 31.4 Å². The van der Waals surface area contributed by atoms with Gasteiger partial charge in [-0.25, -0.2) is 9.78 Å². The monoisotopic (exact) mass is 583 g/mol. The number of pyridine rings is 1. The summed E-state index contributed by atoms with van der Waals surface area (Å²) in [6, 6.07) is 16.8. The van der Waals surface area contributed by atoms with Crippen LogP contribution in [0.4, 0.5) is 5.69 Å². The second-order valence-electron chi connectivity index (χ2n) is 9.29. The topological polar surface area (TPSA) is 134 Å². The molecular weight excluding hydrogens is 557 g/mol. The minimum absolute atomic E-state index is 0. The highest BCUT2D eigenvalue weighted by atomic mass is 35.5. The molecule has 4 aromatic rings. The van der Waals surface area contributed by atoms with Crippen molar-refractivity contribution >= 4 is 41.6 Å². The lowest BCUT2D eigenvalue weighted by molar-refractivity contribution is 0.0696. The van der Waals surface area contributed by atoms with Gasteiger partial charge in [-0.15, -0.1) is 12.4 Å². The Kier molecular flexibility index (Phi) is 9.44. The van der Waals surface area contributed by atoms with Crippen LogP contribution in [0.15, 0.2) is 77.5 Å². The second-order valence-corrected chi connectivity index (χ2v) is 9.68. The van der Waals surface area contributed by atoms with Gasteiger partial charge < -0.3 is 30.0 Å². The number of hydrogen-bond acceptors (Lipinski definition) is 7. The van der Waals surface area contributed by atoms with E-state index in [4.69, 9.17) is 20.8 Å². The summed E-state index contributed by atoms with van der Waals surface area (Å²) in [5, 5.41) is 26.5. The first-order valence-electron chi connectivity index (χ1n) is 12.4. The lowest BCUT2D eigenvalue weighted by Crippen LogP contribution is -2.37. The van der Waals surface area contributed by atoms with Crippen LogP contribution in [0.3, 0.4) is 0 Å². The number of amides is 1. The van der Waals surface area contributed by atoms with Crippen LogP contribution in [0.2, 0.25) is 5.15 Å². The third kappa shape index (κ3) is 7.19. The summed E-state index contributed by atoms with van der Waals surface area (Å²) in [5.41, 5.74) is 3.26. The number of furan rings is 1. The largest absolute Gasteiger partial charge is 0.478 e. The molecule has 0 unspecified atom stereocenters. The van der Waals surface area contributed by atoms with Crippen LogP contribution in [0.25, 0.3) is 0 Å². The van der Waals surface area contributed by atoms with E-state index in [2.05, 4.69) is 15.6 Å². The molecule has 1 aliphatic carbocycles. The highest BCUT2D eigenvalue weighted by molar-refractivity contribution is 6.29. The van der Waals surface area contributed by atoms with Gasteiger partial charge in [0.1, 0.15) is 16.7 Å². The first-order chi connectivity index (χ1) is 18.8. The van der Waals surface area contributed by atoms with Crippen LogP contribution >= 0.6 is 24.0 Å². The van der Waals surface area contributed by atoms with E-state index in [0.29, 0.717) is 23.0 Å². The fourth-order valence-corrected chi connectivity index (χ4v) is 4.65. The van der Waals surface area contributed by atoms with Crippen LogP contribution in [0.5, 0.6) is 11.5 Å². The maximum Gasteiger partial charge on any atom is 0.335 e. The van der Waals surface area contributed by atoms with Gasteiger partial charge in [-0.2, -0.15) is 0 Å². The molecule has 40 heavy (non-hydrogen) atoms. The third-order valence-corrected chi connectivity index (χ3v) is 6.76. The van der Waals surface area contributed by atoms with Crippen LogP contribution in [-0.2, 0) is 12.8 Å². The fourth-order valence-electron chi connectivity index (χ4n) is 4.54. The Bertz CT molecular complexity index is 1480. The predicted molar refractivity (Wildman–Crippen MR) is 152 cm³/mol. The highest BCUT2D eigenvalue weighted by Gasteiger charge is 2.21. The molecule has 4 N–H and O–H groups in total. The Morgan fingerprint density at radius 3 is 2.67 bits per heavy atom. The Labute approximate surface area is 241 Å². The van der Waals surface area contributed by atoms with Gasteiger partial charge in [0.15, 0.2) is 5.76 Å². The number of carbonyl (C=O) groups excluding carboxylic acids is 1. The molecule has 1 amide bonds. The standard InChI is InChI=1S/C29H26ClN3O6.ClH/c30-27-8-5-18(15-32-27)25(34)16-31-21-6-3-17-4-7-23(12-19(17)10-21)39-24-13-20(29(36)37)11-22(14-24)33-28(35)26-2-1-9-38-26;/h1-2,4-5,7-9,11-15,21,25,31,34H,3,6,10,16H2,(H,33,35)(H,36,37);1H/t21-,25+;/m0./s1. The SMILES string of the molecule is Cl.O=C(O)c1cc(NC(=O)c2ccco2)cc(Oc2ccc3c(c2)C[C@@H](NC[C@@H](O)c2ccc(Cl)nc2)CC3)c1. The maximum atomic E-state index is 12.4. The number of carbonyl (C=O) groups is 2. The van der Waals surface area contributed by atoms with Gasteiger partial charge in [-0.05, 0) is 72.9 Å². The van der Waals surface area contributed by atoms with Crippen molar-refractivity contribution in [1.29, 1.82) is 0 Å². The Morgan fingerprint density at radius 1 is 1.10 bits per heavy atom. The molecule has 0 saturated heterocycles. The molecule has 0 spiro atoms. The van der Waals surface area contributed by atoms with E-state index in [9.17, 15) is 19.8 Å². The normalized spacial score (nSPS) is 14.9. The van der Waals surface area contributed by atoms with Gasteiger partial charge in [-0.3, -0.25) is 4.79 Å². The van der Waals surface area contributed by atoms with E-state index in [1.54, 1.807) is 30.5 Å².